The minimum Gasteiger partial charge on any atom is -0.310 e. The van der Waals surface area contributed by atoms with Crippen molar-refractivity contribution < 1.29 is 0 Å². The van der Waals surface area contributed by atoms with Crippen molar-refractivity contribution in [1.82, 2.24) is 10.4 Å². The van der Waals surface area contributed by atoms with Gasteiger partial charge in [0.05, 0.1) is 11.2 Å². The van der Waals surface area contributed by atoms with Crippen LogP contribution >= 0.6 is 0 Å². The van der Waals surface area contributed by atoms with Gasteiger partial charge in [-0.15, -0.1) is 0 Å². The summed E-state index contributed by atoms with van der Waals surface area (Å²) in [7, 11) is 3.87. The summed E-state index contributed by atoms with van der Waals surface area (Å²) in [6.07, 6.45) is 1.81. The van der Waals surface area contributed by atoms with Crippen LogP contribution in [0.4, 0.5) is 5.69 Å². The van der Waals surface area contributed by atoms with Crippen molar-refractivity contribution in [1.29, 1.82) is 0 Å². The molecule has 3 heteroatoms. The van der Waals surface area contributed by atoms with E-state index in [2.05, 4.69) is 22.5 Å². The standard InChI is InChI=1S/C11H13N3/c1-12-14(2)10-7-3-5-9-6-4-8-13-11(9)10/h3-8,12H,1-2H3. The first-order valence-corrected chi connectivity index (χ1v) is 4.58. The Morgan fingerprint density at radius 1 is 1.21 bits per heavy atom. The van der Waals surface area contributed by atoms with Crippen LogP contribution in [0.25, 0.3) is 10.9 Å². The van der Waals surface area contributed by atoms with E-state index in [1.807, 2.05) is 43.5 Å². The lowest BCUT2D eigenvalue weighted by Crippen LogP contribution is -2.30. The zero-order valence-electron chi connectivity index (χ0n) is 8.36. The molecule has 0 fully saturated rings. The number of hydrogen-bond donors (Lipinski definition) is 1. The molecule has 3 nitrogen and oxygen atoms in total. The smallest absolute Gasteiger partial charge is 0.0948 e. The van der Waals surface area contributed by atoms with E-state index in [1.165, 1.54) is 0 Å². The molecule has 2 aromatic rings. The molecule has 0 atom stereocenters. The molecule has 14 heavy (non-hydrogen) atoms. The molecule has 0 aliphatic heterocycles. The third kappa shape index (κ3) is 1.42. The predicted molar refractivity (Wildman–Crippen MR) is 59.2 cm³/mol. The summed E-state index contributed by atoms with van der Waals surface area (Å²) in [5, 5.41) is 3.11. The van der Waals surface area contributed by atoms with Crippen LogP contribution in [-0.4, -0.2) is 19.1 Å². The van der Waals surface area contributed by atoms with E-state index in [9.17, 15) is 0 Å². The van der Waals surface area contributed by atoms with Crippen molar-refractivity contribution >= 4 is 16.6 Å². The monoisotopic (exact) mass is 187 g/mol. The third-order valence-electron chi connectivity index (χ3n) is 2.31. The number of nitrogens with one attached hydrogen (secondary N) is 1. The van der Waals surface area contributed by atoms with Gasteiger partial charge in [0.25, 0.3) is 0 Å². The van der Waals surface area contributed by atoms with Gasteiger partial charge in [0.2, 0.25) is 0 Å². The van der Waals surface area contributed by atoms with Crippen molar-refractivity contribution in [3.63, 3.8) is 0 Å². The van der Waals surface area contributed by atoms with Crippen LogP contribution in [-0.2, 0) is 0 Å². The van der Waals surface area contributed by atoms with Gasteiger partial charge >= 0.3 is 0 Å². The molecule has 0 bridgehead atoms. The van der Waals surface area contributed by atoms with Gasteiger partial charge < -0.3 is 5.01 Å². The fourth-order valence-electron chi connectivity index (χ4n) is 1.48. The van der Waals surface area contributed by atoms with Gasteiger partial charge in [-0.25, -0.2) is 5.43 Å². The molecule has 1 aromatic carbocycles. The van der Waals surface area contributed by atoms with Gasteiger partial charge in [0.15, 0.2) is 0 Å². The number of nitrogens with zero attached hydrogens (tertiary/aromatic N) is 2. The largest absolute Gasteiger partial charge is 0.310 e. The maximum atomic E-state index is 4.37. The minimum atomic E-state index is 1.02. The maximum Gasteiger partial charge on any atom is 0.0948 e. The van der Waals surface area contributed by atoms with Crippen molar-refractivity contribution in [2.24, 2.45) is 0 Å². The lowest BCUT2D eigenvalue weighted by molar-refractivity contribution is 0.794. The zero-order valence-corrected chi connectivity index (χ0v) is 8.36. The zero-order chi connectivity index (χ0) is 9.97. The SMILES string of the molecule is CNN(C)c1cccc2cccnc12. The van der Waals surface area contributed by atoms with Crippen LogP contribution in [0.2, 0.25) is 0 Å². The first-order chi connectivity index (χ1) is 6.83. The average molecular weight is 187 g/mol. The number of fused-ring (bicyclic) bond motifs is 1. The van der Waals surface area contributed by atoms with Crippen LogP contribution in [0.1, 0.15) is 0 Å². The van der Waals surface area contributed by atoms with E-state index in [4.69, 9.17) is 0 Å². The molecule has 0 aliphatic carbocycles. The van der Waals surface area contributed by atoms with Crippen LogP contribution in [0.3, 0.4) is 0 Å². The Hall–Kier alpha value is -1.61. The van der Waals surface area contributed by atoms with Crippen LogP contribution in [0, 0.1) is 0 Å². The number of para-hydroxylation sites is 1. The Labute approximate surface area is 83.3 Å². The number of rotatable bonds is 2. The minimum absolute atomic E-state index is 1.02. The van der Waals surface area contributed by atoms with Crippen LogP contribution in [0.15, 0.2) is 36.5 Å². The number of anilines is 1. The lowest BCUT2D eigenvalue weighted by Gasteiger charge is -2.18. The molecule has 0 radical (unpaired) electrons. The Bertz CT molecular complexity index is 434. The molecular weight excluding hydrogens is 174 g/mol. The second-order valence-electron chi connectivity index (χ2n) is 3.13. The highest BCUT2D eigenvalue weighted by molar-refractivity contribution is 5.90. The molecule has 1 N–H and O–H groups in total. The van der Waals surface area contributed by atoms with E-state index in [-0.39, 0.29) is 0 Å². The van der Waals surface area contributed by atoms with Crippen molar-refractivity contribution in [2.45, 2.75) is 0 Å². The van der Waals surface area contributed by atoms with Crippen LogP contribution in [0.5, 0.6) is 0 Å². The van der Waals surface area contributed by atoms with Crippen LogP contribution < -0.4 is 10.4 Å². The van der Waals surface area contributed by atoms with Crippen molar-refractivity contribution in [3.05, 3.63) is 36.5 Å². The summed E-state index contributed by atoms with van der Waals surface area (Å²) in [5.74, 6) is 0. The fourth-order valence-corrected chi connectivity index (χ4v) is 1.48. The van der Waals surface area contributed by atoms with Gasteiger partial charge in [0, 0.05) is 25.7 Å². The van der Waals surface area contributed by atoms with Gasteiger partial charge in [0.1, 0.15) is 0 Å². The molecule has 1 aromatic heterocycles. The first kappa shape index (κ1) is 8.97. The summed E-state index contributed by atoms with van der Waals surface area (Å²) in [6, 6.07) is 10.2. The highest BCUT2D eigenvalue weighted by atomic mass is 15.5. The summed E-state index contributed by atoms with van der Waals surface area (Å²) < 4.78 is 0. The average Bonchev–Trinajstić information content (AvgIpc) is 2.27. The second kappa shape index (κ2) is 3.64. The molecular formula is C11H13N3. The van der Waals surface area contributed by atoms with E-state index in [1.54, 1.807) is 0 Å². The number of hydrogen-bond acceptors (Lipinski definition) is 3. The van der Waals surface area contributed by atoms with Crippen molar-refractivity contribution in [3.8, 4) is 0 Å². The topological polar surface area (TPSA) is 28.2 Å². The Morgan fingerprint density at radius 3 is 2.79 bits per heavy atom. The molecule has 0 spiro atoms. The Kier molecular flexibility index (Phi) is 2.33. The molecule has 2 rings (SSSR count). The number of hydrazine groups is 1. The molecule has 0 aliphatic rings. The predicted octanol–water partition coefficient (Wildman–Crippen LogP) is 1.81. The second-order valence-corrected chi connectivity index (χ2v) is 3.13. The fraction of sp³-hybridized carbons (Fsp3) is 0.182. The maximum absolute atomic E-state index is 4.37. The van der Waals surface area contributed by atoms with E-state index in [0.717, 1.165) is 16.6 Å². The lowest BCUT2D eigenvalue weighted by atomic mass is 10.2. The molecule has 0 saturated heterocycles. The molecule has 72 valence electrons. The third-order valence-corrected chi connectivity index (χ3v) is 2.31. The Morgan fingerprint density at radius 2 is 2.00 bits per heavy atom. The summed E-state index contributed by atoms with van der Waals surface area (Å²) in [4.78, 5) is 4.37. The Balaban J connectivity index is 2.65. The first-order valence-electron chi connectivity index (χ1n) is 4.58. The normalized spacial score (nSPS) is 10.4. The van der Waals surface area contributed by atoms with Gasteiger partial charge in [-0.1, -0.05) is 18.2 Å². The quantitative estimate of drug-likeness (QED) is 0.727. The number of benzene rings is 1. The van der Waals surface area contributed by atoms with E-state index >= 15 is 0 Å². The summed E-state index contributed by atoms with van der Waals surface area (Å²) >= 11 is 0. The van der Waals surface area contributed by atoms with Gasteiger partial charge in [-0.05, 0) is 12.1 Å². The van der Waals surface area contributed by atoms with Gasteiger partial charge in [-0.3, -0.25) is 4.98 Å². The number of aromatic nitrogens is 1. The van der Waals surface area contributed by atoms with E-state index < -0.39 is 0 Å². The molecule has 0 saturated carbocycles. The number of pyridine rings is 1. The molecule has 0 unspecified atom stereocenters. The highest BCUT2D eigenvalue weighted by Gasteiger charge is 2.03. The van der Waals surface area contributed by atoms with Crippen molar-refractivity contribution in [2.75, 3.05) is 19.1 Å². The highest BCUT2D eigenvalue weighted by Crippen LogP contribution is 2.22. The summed E-state index contributed by atoms with van der Waals surface area (Å²) in [5.41, 5.74) is 5.18. The van der Waals surface area contributed by atoms with E-state index in [0.29, 0.717) is 0 Å². The molecule has 0 amide bonds. The van der Waals surface area contributed by atoms with Gasteiger partial charge in [-0.2, -0.15) is 0 Å². The molecule has 1 heterocycles. The summed E-state index contributed by atoms with van der Waals surface area (Å²) in [6.45, 7) is 0.